The highest BCUT2D eigenvalue weighted by Crippen LogP contribution is 2.32. The Hall–Kier alpha value is -2.23. The van der Waals surface area contributed by atoms with E-state index in [0.717, 1.165) is 18.9 Å². The summed E-state index contributed by atoms with van der Waals surface area (Å²) >= 11 is 0. The Balaban J connectivity index is 2.13. The van der Waals surface area contributed by atoms with Crippen molar-refractivity contribution in [1.82, 2.24) is 0 Å². The molecule has 4 heteroatoms. The largest absolute Gasteiger partial charge is 0.508 e. The minimum atomic E-state index is -0.559. The van der Waals surface area contributed by atoms with Crippen molar-refractivity contribution in [2.75, 3.05) is 0 Å². The summed E-state index contributed by atoms with van der Waals surface area (Å²) in [5.41, 5.74) is 0.750. The molecule has 1 atom stereocenters. The van der Waals surface area contributed by atoms with Gasteiger partial charge in [-0.2, -0.15) is 0 Å². The number of phenols is 2. The van der Waals surface area contributed by atoms with E-state index in [1.165, 1.54) is 6.07 Å². The standard InChI is InChI=1S/C16H18O4/c1-2-3-4-5-6-7-13-9-11-8-12(17)10-14(18)15(11)16(19)20-13/h4-8,10,13,17-18H,2-3,9H2,1H3/b5-4+,7-6+/t13-/m1/s1. The molecule has 0 aromatic heterocycles. The topological polar surface area (TPSA) is 66.8 Å². The SMILES string of the molecule is CCC/C=C/C=C/[C@@H]1Cc2cc(O)cc(O)c2C(=O)O1. The first-order valence-corrected chi connectivity index (χ1v) is 6.71. The number of ether oxygens (including phenoxy) is 1. The van der Waals surface area contributed by atoms with Gasteiger partial charge in [0, 0.05) is 12.5 Å². The van der Waals surface area contributed by atoms with Gasteiger partial charge in [0.2, 0.25) is 0 Å². The van der Waals surface area contributed by atoms with Gasteiger partial charge < -0.3 is 14.9 Å². The van der Waals surface area contributed by atoms with Gasteiger partial charge >= 0.3 is 5.97 Å². The highest BCUT2D eigenvalue weighted by atomic mass is 16.5. The molecule has 2 rings (SSSR count). The second-order valence-electron chi connectivity index (χ2n) is 4.75. The molecular formula is C16H18O4. The van der Waals surface area contributed by atoms with Crippen LogP contribution in [0.2, 0.25) is 0 Å². The lowest BCUT2D eigenvalue weighted by Gasteiger charge is -2.23. The van der Waals surface area contributed by atoms with Crippen molar-refractivity contribution in [2.24, 2.45) is 0 Å². The van der Waals surface area contributed by atoms with Gasteiger partial charge in [-0.25, -0.2) is 4.79 Å². The smallest absolute Gasteiger partial charge is 0.342 e. The first-order chi connectivity index (χ1) is 9.61. The van der Waals surface area contributed by atoms with E-state index in [1.54, 1.807) is 6.08 Å². The van der Waals surface area contributed by atoms with Crippen molar-refractivity contribution in [2.45, 2.75) is 32.3 Å². The molecule has 1 aliphatic heterocycles. The molecule has 106 valence electrons. The average Bonchev–Trinajstić information content (AvgIpc) is 2.37. The maximum absolute atomic E-state index is 11.8. The number of carbonyl (C=O) groups excluding carboxylic acids is 1. The number of esters is 1. The Labute approximate surface area is 118 Å². The van der Waals surface area contributed by atoms with Gasteiger partial charge in [-0.15, -0.1) is 0 Å². The van der Waals surface area contributed by atoms with Crippen molar-refractivity contribution in [3.05, 3.63) is 47.6 Å². The molecule has 4 nitrogen and oxygen atoms in total. The fraction of sp³-hybridized carbons (Fsp3) is 0.312. The minimum absolute atomic E-state index is 0.0541. The Morgan fingerprint density at radius 1 is 1.35 bits per heavy atom. The maximum Gasteiger partial charge on any atom is 0.342 e. The molecular weight excluding hydrogens is 256 g/mol. The lowest BCUT2D eigenvalue weighted by molar-refractivity contribution is 0.0353. The van der Waals surface area contributed by atoms with Crippen molar-refractivity contribution in [3.8, 4) is 11.5 Å². The van der Waals surface area contributed by atoms with Gasteiger partial charge in [0.05, 0.1) is 0 Å². The van der Waals surface area contributed by atoms with Crippen LogP contribution in [0.25, 0.3) is 0 Å². The number of rotatable bonds is 4. The molecule has 0 amide bonds. The molecule has 0 unspecified atom stereocenters. The Kier molecular flexibility index (Phi) is 4.45. The summed E-state index contributed by atoms with van der Waals surface area (Å²) in [5.74, 6) is -0.854. The summed E-state index contributed by atoms with van der Waals surface area (Å²) < 4.78 is 5.24. The van der Waals surface area contributed by atoms with Crippen LogP contribution in [-0.4, -0.2) is 22.3 Å². The number of fused-ring (bicyclic) bond motifs is 1. The van der Waals surface area contributed by atoms with Gasteiger partial charge in [-0.05, 0) is 24.1 Å². The quantitative estimate of drug-likeness (QED) is 0.654. The van der Waals surface area contributed by atoms with Crippen LogP contribution < -0.4 is 0 Å². The molecule has 0 fully saturated rings. The fourth-order valence-electron chi connectivity index (χ4n) is 2.16. The van der Waals surface area contributed by atoms with Crippen LogP contribution in [-0.2, 0) is 11.2 Å². The monoisotopic (exact) mass is 274 g/mol. The van der Waals surface area contributed by atoms with E-state index in [1.807, 2.05) is 18.2 Å². The predicted octanol–water partition coefficient (Wildman–Crippen LogP) is 3.09. The zero-order valence-electron chi connectivity index (χ0n) is 11.4. The van der Waals surface area contributed by atoms with Crippen LogP contribution in [0.1, 0.15) is 35.7 Å². The Bertz CT molecular complexity index is 558. The van der Waals surface area contributed by atoms with Gasteiger partial charge in [-0.1, -0.05) is 31.6 Å². The second-order valence-corrected chi connectivity index (χ2v) is 4.75. The Morgan fingerprint density at radius 2 is 2.15 bits per heavy atom. The number of unbranched alkanes of at least 4 members (excludes halogenated alkanes) is 1. The zero-order chi connectivity index (χ0) is 14.5. The molecule has 1 aromatic carbocycles. The third-order valence-electron chi connectivity index (χ3n) is 3.10. The summed E-state index contributed by atoms with van der Waals surface area (Å²) in [5, 5.41) is 19.2. The van der Waals surface area contributed by atoms with Crippen molar-refractivity contribution >= 4 is 5.97 Å². The summed E-state index contributed by atoms with van der Waals surface area (Å²) in [6.07, 6.45) is 9.80. The highest BCUT2D eigenvalue weighted by molar-refractivity contribution is 5.95. The van der Waals surface area contributed by atoms with Crippen LogP contribution in [0.4, 0.5) is 0 Å². The maximum atomic E-state index is 11.8. The normalized spacial score (nSPS) is 18.4. The van der Waals surface area contributed by atoms with Crippen molar-refractivity contribution in [3.63, 3.8) is 0 Å². The van der Waals surface area contributed by atoms with E-state index in [-0.39, 0.29) is 23.2 Å². The molecule has 0 saturated carbocycles. The molecule has 0 saturated heterocycles. The lowest BCUT2D eigenvalue weighted by atomic mass is 9.97. The number of phenolic OH excluding ortho intramolecular Hbond substituents is 2. The van der Waals surface area contributed by atoms with E-state index in [0.29, 0.717) is 12.0 Å². The molecule has 0 spiro atoms. The molecule has 2 N–H and O–H groups in total. The number of hydrogen-bond donors (Lipinski definition) is 2. The first-order valence-electron chi connectivity index (χ1n) is 6.71. The molecule has 0 bridgehead atoms. The highest BCUT2D eigenvalue weighted by Gasteiger charge is 2.28. The first kappa shape index (κ1) is 14.2. The number of carbonyl (C=O) groups is 1. The molecule has 1 aliphatic rings. The molecule has 0 aliphatic carbocycles. The van der Waals surface area contributed by atoms with E-state index in [2.05, 4.69) is 6.92 Å². The molecule has 0 radical (unpaired) electrons. The minimum Gasteiger partial charge on any atom is -0.508 e. The van der Waals surface area contributed by atoms with Crippen LogP contribution in [0.5, 0.6) is 11.5 Å². The molecule has 20 heavy (non-hydrogen) atoms. The van der Waals surface area contributed by atoms with E-state index in [9.17, 15) is 15.0 Å². The second kappa shape index (κ2) is 6.28. The number of benzene rings is 1. The van der Waals surface area contributed by atoms with Gasteiger partial charge in [0.25, 0.3) is 0 Å². The van der Waals surface area contributed by atoms with Crippen molar-refractivity contribution < 1.29 is 19.7 Å². The lowest BCUT2D eigenvalue weighted by Crippen LogP contribution is -2.26. The van der Waals surface area contributed by atoms with Crippen LogP contribution >= 0.6 is 0 Å². The summed E-state index contributed by atoms with van der Waals surface area (Å²) in [6, 6.07) is 2.63. The van der Waals surface area contributed by atoms with Crippen LogP contribution in [0.15, 0.2) is 36.4 Å². The van der Waals surface area contributed by atoms with Gasteiger partial charge in [-0.3, -0.25) is 0 Å². The number of cyclic esters (lactones) is 1. The van der Waals surface area contributed by atoms with E-state index in [4.69, 9.17) is 4.74 Å². The van der Waals surface area contributed by atoms with Crippen LogP contribution in [0.3, 0.4) is 0 Å². The summed E-state index contributed by atoms with van der Waals surface area (Å²) in [7, 11) is 0. The molecule has 1 aromatic rings. The average molecular weight is 274 g/mol. The summed E-state index contributed by atoms with van der Waals surface area (Å²) in [6.45, 7) is 2.10. The molecule has 1 heterocycles. The van der Waals surface area contributed by atoms with Gasteiger partial charge in [0.15, 0.2) is 0 Å². The number of hydrogen-bond acceptors (Lipinski definition) is 4. The summed E-state index contributed by atoms with van der Waals surface area (Å²) in [4.78, 5) is 11.8. The predicted molar refractivity (Wildman–Crippen MR) is 75.9 cm³/mol. The fourth-order valence-corrected chi connectivity index (χ4v) is 2.16. The van der Waals surface area contributed by atoms with Gasteiger partial charge in [0.1, 0.15) is 23.2 Å². The zero-order valence-corrected chi connectivity index (χ0v) is 11.4. The number of allylic oxidation sites excluding steroid dienone is 3. The third kappa shape index (κ3) is 3.20. The van der Waals surface area contributed by atoms with Crippen molar-refractivity contribution in [1.29, 1.82) is 0 Å². The van der Waals surface area contributed by atoms with Crippen LogP contribution in [0, 0.1) is 0 Å². The van der Waals surface area contributed by atoms with E-state index < -0.39 is 5.97 Å². The van der Waals surface area contributed by atoms with E-state index >= 15 is 0 Å². The third-order valence-corrected chi connectivity index (χ3v) is 3.10. The Morgan fingerprint density at radius 3 is 2.90 bits per heavy atom. The number of aromatic hydroxyl groups is 2.